The summed E-state index contributed by atoms with van der Waals surface area (Å²) in [6.45, 7) is 4.77. The second-order valence-electron chi connectivity index (χ2n) is 4.21. The Balaban J connectivity index is 1.94. The minimum absolute atomic E-state index is 0.267. The number of aromatic amines is 1. The number of H-pyrrole nitrogens is 1. The molecular weight excluding hydrogens is 326 g/mol. The Bertz CT molecular complexity index is 530. The van der Waals surface area contributed by atoms with Crippen molar-refractivity contribution < 1.29 is 4.74 Å². The van der Waals surface area contributed by atoms with Gasteiger partial charge in [-0.1, -0.05) is 45.9 Å². The molecule has 0 atom stereocenters. The molecule has 0 bridgehead atoms. The Kier molecular flexibility index (Phi) is 5.42. The summed E-state index contributed by atoms with van der Waals surface area (Å²) in [6.07, 6.45) is 0.267. The lowest BCUT2D eigenvalue weighted by atomic mass is 10.2. The predicted molar refractivity (Wildman–Crippen MR) is 81.3 cm³/mol. The molecule has 2 aromatic rings. The Morgan fingerprint density at radius 3 is 2.89 bits per heavy atom. The van der Waals surface area contributed by atoms with Crippen molar-refractivity contribution in [2.45, 2.75) is 25.1 Å². The maximum absolute atomic E-state index is 5.48. The highest BCUT2D eigenvalue weighted by Crippen LogP contribution is 2.26. The van der Waals surface area contributed by atoms with Crippen LogP contribution in [0.1, 0.15) is 13.8 Å². The summed E-state index contributed by atoms with van der Waals surface area (Å²) < 4.78 is 6.49. The lowest BCUT2D eigenvalue weighted by Gasteiger charge is -2.05. The number of aromatic nitrogens is 3. The summed E-state index contributed by atoms with van der Waals surface area (Å²) in [5.74, 6) is 1.63. The highest BCUT2D eigenvalue weighted by molar-refractivity contribution is 9.10. The van der Waals surface area contributed by atoms with E-state index in [2.05, 4.69) is 31.1 Å². The largest absolute Gasteiger partial charge is 0.378 e. The highest BCUT2D eigenvalue weighted by atomic mass is 79.9. The fraction of sp³-hybridized carbons (Fsp3) is 0.385. The van der Waals surface area contributed by atoms with Crippen molar-refractivity contribution in [2.75, 3.05) is 12.4 Å². The molecule has 1 aromatic heterocycles. The normalized spacial score (nSPS) is 11.2. The molecule has 0 aliphatic rings. The van der Waals surface area contributed by atoms with Crippen molar-refractivity contribution in [2.24, 2.45) is 0 Å². The van der Waals surface area contributed by atoms with Crippen LogP contribution in [0.15, 0.2) is 33.9 Å². The van der Waals surface area contributed by atoms with Gasteiger partial charge in [-0.05, 0) is 19.9 Å². The second kappa shape index (κ2) is 7.07. The lowest BCUT2D eigenvalue weighted by Crippen LogP contribution is -2.05. The summed E-state index contributed by atoms with van der Waals surface area (Å²) in [5.41, 5.74) is 1.01. The van der Waals surface area contributed by atoms with Crippen LogP contribution in [0.5, 0.6) is 0 Å². The van der Waals surface area contributed by atoms with E-state index in [1.54, 1.807) is 11.8 Å². The molecule has 0 saturated carbocycles. The zero-order valence-electron chi connectivity index (χ0n) is 10.9. The van der Waals surface area contributed by atoms with E-state index in [1.165, 1.54) is 0 Å². The number of halogens is 1. The fourth-order valence-corrected chi connectivity index (χ4v) is 2.60. The maximum atomic E-state index is 5.48. The molecule has 1 N–H and O–H groups in total. The lowest BCUT2D eigenvalue weighted by molar-refractivity contribution is 0.0920. The summed E-state index contributed by atoms with van der Waals surface area (Å²) >= 11 is 5.10. The number of benzene rings is 1. The first kappa shape index (κ1) is 14.6. The van der Waals surface area contributed by atoms with Crippen molar-refractivity contribution in [1.29, 1.82) is 0 Å². The third-order valence-electron chi connectivity index (χ3n) is 2.36. The first-order valence-corrected chi connectivity index (χ1v) is 7.86. The Hall–Kier alpha value is -0.850. The van der Waals surface area contributed by atoms with E-state index < -0.39 is 0 Å². The number of thioether (sulfide) groups is 1. The number of nitrogens with one attached hydrogen (secondary N) is 1. The topological polar surface area (TPSA) is 50.8 Å². The Morgan fingerprint density at radius 2 is 2.16 bits per heavy atom. The average molecular weight is 342 g/mol. The van der Waals surface area contributed by atoms with Crippen LogP contribution in [-0.2, 0) is 4.74 Å². The van der Waals surface area contributed by atoms with Crippen LogP contribution in [0.2, 0.25) is 0 Å². The smallest absolute Gasteiger partial charge is 0.208 e. The first-order valence-electron chi connectivity index (χ1n) is 6.08. The molecule has 6 heteroatoms. The minimum atomic E-state index is 0.267. The first-order chi connectivity index (χ1) is 9.16. The van der Waals surface area contributed by atoms with Crippen molar-refractivity contribution in [3.63, 3.8) is 0 Å². The van der Waals surface area contributed by atoms with E-state index in [-0.39, 0.29) is 6.10 Å². The zero-order valence-corrected chi connectivity index (χ0v) is 13.3. The number of nitrogens with zero attached hydrogens (tertiary/aromatic N) is 2. The van der Waals surface area contributed by atoms with Gasteiger partial charge >= 0.3 is 0 Å². The molecule has 4 nitrogen and oxygen atoms in total. The van der Waals surface area contributed by atoms with Gasteiger partial charge in [-0.15, -0.1) is 5.10 Å². The molecule has 1 heterocycles. The van der Waals surface area contributed by atoms with Crippen molar-refractivity contribution in [1.82, 2.24) is 15.2 Å². The van der Waals surface area contributed by atoms with Gasteiger partial charge in [-0.25, -0.2) is 4.98 Å². The molecule has 0 unspecified atom stereocenters. The van der Waals surface area contributed by atoms with Gasteiger partial charge in [0.1, 0.15) is 0 Å². The van der Waals surface area contributed by atoms with E-state index in [1.807, 2.05) is 38.1 Å². The number of ether oxygens (including phenoxy) is 1. The number of hydrogen-bond donors (Lipinski definition) is 1. The Labute approximate surface area is 125 Å². The molecule has 102 valence electrons. The molecule has 0 aliphatic heterocycles. The fourth-order valence-electron chi connectivity index (χ4n) is 1.50. The molecule has 1 aromatic carbocycles. The molecule has 0 radical (unpaired) electrons. The maximum Gasteiger partial charge on any atom is 0.208 e. The summed E-state index contributed by atoms with van der Waals surface area (Å²) in [4.78, 5) is 4.47. The van der Waals surface area contributed by atoms with Crippen molar-refractivity contribution >= 4 is 27.7 Å². The van der Waals surface area contributed by atoms with E-state index in [0.29, 0.717) is 6.61 Å². The molecular formula is C13H16BrN3OS. The molecule has 0 spiro atoms. The van der Waals surface area contributed by atoms with Gasteiger partial charge in [0.25, 0.3) is 0 Å². The van der Waals surface area contributed by atoms with Crippen molar-refractivity contribution in [3.05, 3.63) is 28.7 Å². The van der Waals surface area contributed by atoms with Crippen LogP contribution in [-0.4, -0.2) is 33.6 Å². The number of rotatable bonds is 6. The van der Waals surface area contributed by atoms with Gasteiger partial charge in [0, 0.05) is 15.8 Å². The second-order valence-corrected chi connectivity index (χ2v) is 6.13. The molecule has 0 aliphatic carbocycles. The number of hydrogen-bond acceptors (Lipinski definition) is 4. The van der Waals surface area contributed by atoms with Gasteiger partial charge in [0.15, 0.2) is 5.82 Å². The third-order valence-corrected chi connectivity index (χ3v) is 3.86. The Morgan fingerprint density at radius 1 is 1.37 bits per heavy atom. The summed E-state index contributed by atoms with van der Waals surface area (Å²) in [5, 5.41) is 7.91. The van der Waals surface area contributed by atoms with Crippen LogP contribution in [0.25, 0.3) is 11.4 Å². The standard InChI is InChI=1S/C13H16BrN3OS/c1-9(2)18-7-8-19-13-15-12(16-17-13)10-5-3-4-6-11(10)14/h3-6,9H,7-8H2,1-2H3,(H,15,16,17). The molecule has 2 rings (SSSR count). The van der Waals surface area contributed by atoms with E-state index in [0.717, 1.165) is 26.8 Å². The quantitative estimate of drug-likeness (QED) is 0.642. The van der Waals surface area contributed by atoms with E-state index >= 15 is 0 Å². The van der Waals surface area contributed by atoms with Gasteiger partial charge in [-0.3, -0.25) is 5.10 Å². The average Bonchev–Trinajstić information content (AvgIpc) is 2.83. The monoisotopic (exact) mass is 341 g/mol. The van der Waals surface area contributed by atoms with Gasteiger partial charge in [0.2, 0.25) is 5.16 Å². The van der Waals surface area contributed by atoms with Crippen LogP contribution >= 0.6 is 27.7 Å². The SMILES string of the molecule is CC(C)OCCSc1n[nH]c(-c2ccccc2Br)n1. The van der Waals surface area contributed by atoms with Crippen LogP contribution in [0.4, 0.5) is 0 Å². The molecule has 0 fully saturated rings. The predicted octanol–water partition coefficient (Wildman–Crippen LogP) is 3.75. The van der Waals surface area contributed by atoms with Crippen molar-refractivity contribution in [3.8, 4) is 11.4 Å². The minimum Gasteiger partial charge on any atom is -0.378 e. The molecule has 0 saturated heterocycles. The van der Waals surface area contributed by atoms with Gasteiger partial charge in [0.05, 0.1) is 12.7 Å². The molecule has 19 heavy (non-hydrogen) atoms. The highest BCUT2D eigenvalue weighted by Gasteiger charge is 2.08. The van der Waals surface area contributed by atoms with Crippen LogP contribution < -0.4 is 0 Å². The summed E-state index contributed by atoms with van der Waals surface area (Å²) in [6, 6.07) is 7.94. The zero-order chi connectivity index (χ0) is 13.7. The van der Waals surface area contributed by atoms with E-state index in [4.69, 9.17) is 4.74 Å². The van der Waals surface area contributed by atoms with E-state index in [9.17, 15) is 0 Å². The van der Waals surface area contributed by atoms with Crippen LogP contribution in [0, 0.1) is 0 Å². The summed E-state index contributed by atoms with van der Waals surface area (Å²) in [7, 11) is 0. The molecule has 0 amide bonds. The van der Waals surface area contributed by atoms with Gasteiger partial charge in [-0.2, -0.15) is 0 Å². The van der Waals surface area contributed by atoms with Crippen LogP contribution in [0.3, 0.4) is 0 Å². The van der Waals surface area contributed by atoms with Gasteiger partial charge < -0.3 is 4.74 Å². The third kappa shape index (κ3) is 4.33.